The van der Waals surface area contributed by atoms with Crippen LogP contribution in [0.1, 0.15) is 42.0 Å². The molecule has 1 aromatic rings. The van der Waals surface area contributed by atoms with Gasteiger partial charge in [0.2, 0.25) is 0 Å². The molecule has 2 heterocycles. The van der Waals surface area contributed by atoms with Crippen molar-refractivity contribution in [3.8, 4) is 0 Å². The lowest BCUT2D eigenvalue weighted by Crippen LogP contribution is -2.61. The van der Waals surface area contributed by atoms with Gasteiger partial charge in [-0.15, -0.1) is 0 Å². The van der Waals surface area contributed by atoms with Crippen LogP contribution in [-0.2, 0) is 16.1 Å². The number of esters is 1. The molecule has 2 fully saturated rings. The molecule has 4 nitrogen and oxygen atoms in total. The molecule has 3 rings (SSSR count). The number of nitrogens with zero attached hydrogens (tertiary/aromatic N) is 1. The van der Waals surface area contributed by atoms with Crippen LogP contribution in [0, 0.1) is 13.8 Å². The highest BCUT2D eigenvalue weighted by atomic mass is 16.6. The molecule has 0 unspecified atom stereocenters. The van der Waals surface area contributed by atoms with Crippen LogP contribution in [0.25, 0.3) is 0 Å². The SMILES string of the molecule is CC(=O)OC1(C)CN(Cc2c(C)cc(C3CNC3)cc2C)C1. The lowest BCUT2D eigenvalue weighted by atomic mass is 9.88. The van der Waals surface area contributed by atoms with E-state index in [2.05, 4.69) is 36.2 Å². The average Bonchev–Trinajstić information content (AvgIpc) is 2.28. The largest absolute Gasteiger partial charge is 0.457 e. The molecule has 2 aliphatic heterocycles. The lowest BCUT2D eigenvalue weighted by molar-refractivity contribution is -0.174. The van der Waals surface area contributed by atoms with Crippen LogP contribution in [-0.4, -0.2) is 42.6 Å². The first kappa shape index (κ1) is 15.5. The highest BCUT2D eigenvalue weighted by molar-refractivity contribution is 5.66. The monoisotopic (exact) mass is 302 g/mol. The zero-order valence-corrected chi connectivity index (χ0v) is 14.0. The van der Waals surface area contributed by atoms with Gasteiger partial charge in [-0.3, -0.25) is 9.69 Å². The molecule has 2 aliphatic rings. The van der Waals surface area contributed by atoms with Crippen LogP contribution in [0.5, 0.6) is 0 Å². The summed E-state index contributed by atoms with van der Waals surface area (Å²) in [6.45, 7) is 12.7. The zero-order valence-electron chi connectivity index (χ0n) is 14.0. The van der Waals surface area contributed by atoms with Gasteiger partial charge in [-0.1, -0.05) is 12.1 Å². The van der Waals surface area contributed by atoms with Crippen molar-refractivity contribution >= 4 is 5.97 Å². The fraction of sp³-hybridized carbons (Fsp3) is 0.611. The van der Waals surface area contributed by atoms with E-state index < -0.39 is 0 Å². The number of rotatable bonds is 4. The molecule has 120 valence electrons. The fourth-order valence-corrected chi connectivity index (χ4v) is 3.68. The maximum absolute atomic E-state index is 11.1. The van der Waals surface area contributed by atoms with Gasteiger partial charge < -0.3 is 10.1 Å². The van der Waals surface area contributed by atoms with E-state index >= 15 is 0 Å². The number of benzene rings is 1. The van der Waals surface area contributed by atoms with Crippen LogP contribution >= 0.6 is 0 Å². The third-order valence-electron chi connectivity index (χ3n) is 4.86. The Morgan fingerprint density at radius 1 is 1.32 bits per heavy atom. The zero-order chi connectivity index (χ0) is 15.9. The standard InChI is InChI=1S/C18H26N2O2/c1-12-5-15(16-7-19-8-16)6-13(2)17(12)9-20-10-18(4,11-20)22-14(3)21/h5-6,16,19H,7-11H2,1-4H3. The molecule has 0 bridgehead atoms. The quantitative estimate of drug-likeness (QED) is 0.865. The minimum atomic E-state index is -0.300. The number of hydrogen-bond acceptors (Lipinski definition) is 4. The van der Waals surface area contributed by atoms with Crippen LogP contribution < -0.4 is 5.32 Å². The van der Waals surface area contributed by atoms with E-state index in [9.17, 15) is 4.79 Å². The second-order valence-corrected chi connectivity index (χ2v) is 7.18. The maximum atomic E-state index is 11.1. The van der Waals surface area contributed by atoms with Crippen LogP contribution in [0.15, 0.2) is 12.1 Å². The minimum absolute atomic E-state index is 0.187. The summed E-state index contributed by atoms with van der Waals surface area (Å²) in [5.41, 5.74) is 5.34. The normalized spacial score (nSPS) is 21.1. The van der Waals surface area contributed by atoms with Crippen molar-refractivity contribution < 1.29 is 9.53 Å². The Morgan fingerprint density at radius 2 is 1.91 bits per heavy atom. The number of ether oxygens (including phenoxy) is 1. The first-order valence-electron chi connectivity index (χ1n) is 8.09. The van der Waals surface area contributed by atoms with E-state index in [1.165, 1.54) is 29.2 Å². The second-order valence-electron chi connectivity index (χ2n) is 7.18. The summed E-state index contributed by atoms with van der Waals surface area (Å²) in [6, 6.07) is 4.69. The van der Waals surface area contributed by atoms with E-state index in [1.54, 1.807) is 0 Å². The van der Waals surface area contributed by atoms with Gasteiger partial charge in [0.05, 0.1) is 0 Å². The summed E-state index contributed by atoms with van der Waals surface area (Å²) in [5.74, 6) is 0.496. The molecule has 0 saturated carbocycles. The van der Waals surface area contributed by atoms with Gasteiger partial charge in [-0.25, -0.2) is 0 Å². The van der Waals surface area contributed by atoms with Crippen LogP contribution in [0.4, 0.5) is 0 Å². The highest BCUT2D eigenvalue weighted by Gasteiger charge is 2.41. The molecule has 0 radical (unpaired) electrons. The summed E-state index contributed by atoms with van der Waals surface area (Å²) in [5, 5.41) is 3.34. The maximum Gasteiger partial charge on any atom is 0.303 e. The summed E-state index contributed by atoms with van der Waals surface area (Å²) in [6.07, 6.45) is 0. The van der Waals surface area contributed by atoms with E-state index in [4.69, 9.17) is 4.74 Å². The molecule has 1 N–H and O–H groups in total. The van der Waals surface area contributed by atoms with Gasteiger partial charge in [0.1, 0.15) is 5.60 Å². The van der Waals surface area contributed by atoms with Gasteiger partial charge in [0.15, 0.2) is 0 Å². The topological polar surface area (TPSA) is 41.6 Å². The van der Waals surface area contributed by atoms with E-state index in [0.29, 0.717) is 5.92 Å². The molecule has 0 spiro atoms. The van der Waals surface area contributed by atoms with Crippen molar-refractivity contribution in [3.63, 3.8) is 0 Å². The Balaban J connectivity index is 1.65. The van der Waals surface area contributed by atoms with Gasteiger partial charge in [0.25, 0.3) is 0 Å². The summed E-state index contributed by atoms with van der Waals surface area (Å²) in [4.78, 5) is 13.5. The Hall–Kier alpha value is -1.39. The summed E-state index contributed by atoms with van der Waals surface area (Å²) >= 11 is 0. The minimum Gasteiger partial charge on any atom is -0.457 e. The van der Waals surface area contributed by atoms with Crippen molar-refractivity contribution in [1.29, 1.82) is 0 Å². The Morgan fingerprint density at radius 3 is 2.36 bits per heavy atom. The Kier molecular flexibility index (Phi) is 4.00. The molecule has 0 amide bonds. The molecule has 22 heavy (non-hydrogen) atoms. The van der Waals surface area contributed by atoms with E-state index in [-0.39, 0.29) is 11.6 Å². The summed E-state index contributed by atoms with van der Waals surface area (Å²) < 4.78 is 5.39. The van der Waals surface area contributed by atoms with Gasteiger partial charge in [-0.2, -0.15) is 0 Å². The smallest absolute Gasteiger partial charge is 0.303 e. The van der Waals surface area contributed by atoms with Gasteiger partial charge in [-0.05, 0) is 43.0 Å². The molecule has 2 saturated heterocycles. The molecule has 0 atom stereocenters. The van der Waals surface area contributed by atoms with Crippen LogP contribution in [0.2, 0.25) is 0 Å². The van der Waals surface area contributed by atoms with Gasteiger partial charge in [0, 0.05) is 45.6 Å². The number of carbonyl (C=O) groups is 1. The first-order chi connectivity index (χ1) is 10.4. The molecular formula is C18H26N2O2. The fourth-order valence-electron chi connectivity index (χ4n) is 3.68. The van der Waals surface area contributed by atoms with Crippen molar-refractivity contribution in [2.75, 3.05) is 26.2 Å². The van der Waals surface area contributed by atoms with Crippen molar-refractivity contribution in [2.45, 2.75) is 45.8 Å². The number of nitrogens with one attached hydrogen (secondary N) is 1. The predicted octanol–water partition coefficient (Wildman–Crippen LogP) is 2.13. The Bertz CT molecular complexity index is 564. The Labute approximate surface area is 132 Å². The second kappa shape index (κ2) is 5.67. The lowest BCUT2D eigenvalue weighted by Gasteiger charge is -2.47. The number of carbonyl (C=O) groups excluding carboxylic acids is 1. The highest BCUT2D eigenvalue weighted by Crippen LogP contribution is 2.30. The number of hydrogen-bond donors (Lipinski definition) is 1. The molecule has 0 aromatic heterocycles. The van der Waals surface area contributed by atoms with Gasteiger partial charge >= 0.3 is 5.97 Å². The van der Waals surface area contributed by atoms with E-state index in [1.807, 2.05) is 6.92 Å². The molecule has 0 aliphatic carbocycles. The van der Waals surface area contributed by atoms with Crippen molar-refractivity contribution in [3.05, 3.63) is 34.4 Å². The average molecular weight is 302 g/mol. The molecule has 1 aromatic carbocycles. The predicted molar refractivity (Wildman–Crippen MR) is 87.0 cm³/mol. The van der Waals surface area contributed by atoms with Crippen molar-refractivity contribution in [2.24, 2.45) is 0 Å². The number of likely N-dealkylation sites (tertiary alicyclic amines) is 1. The first-order valence-corrected chi connectivity index (χ1v) is 8.09. The van der Waals surface area contributed by atoms with E-state index in [0.717, 1.165) is 32.7 Å². The molecule has 4 heteroatoms. The number of aryl methyl sites for hydroxylation is 2. The van der Waals surface area contributed by atoms with Crippen LogP contribution in [0.3, 0.4) is 0 Å². The third kappa shape index (κ3) is 3.03. The van der Waals surface area contributed by atoms with Crippen molar-refractivity contribution in [1.82, 2.24) is 10.2 Å². The summed E-state index contributed by atoms with van der Waals surface area (Å²) in [7, 11) is 0. The molecular weight excluding hydrogens is 276 g/mol. The third-order valence-corrected chi connectivity index (χ3v) is 4.86.